The number of fused-ring (bicyclic) bond motifs is 13. The van der Waals surface area contributed by atoms with Crippen molar-refractivity contribution in [3.63, 3.8) is 0 Å². The van der Waals surface area contributed by atoms with Gasteiger partial charge in [0.25, 0.3) is 5.91 Å². The zero-order valence-electron chi connectivity index (χ0n) is 49.4. The number of hydrogen-bond acceptors (Lipinski definition) is 25. The van der Waals surface area contributed by atoms with E-state index in [-0.39, 0.29) is 96.0 Å². The van der Waals surface area contributed by atoms with Gasteiger partial charge in [-0.25, -0.2) is 79.6 Å². The van der Waals surface area contributed by atoms with Crippen LogP contribution in [0.5, 0.6) is 0 Å². The minimum absolute atomic E-state index is 0.000236. The van der Waals surface area contributed by atoms with Crippen molar-refractivity contribution >= 4 is 105 Å². The van der Waals surface area contributed by atoms with Crippen molar-refractivity contribution in [3.05, 3.63) is 172 Å². The molecule has 482 valence electrons. The van der Waals surface area contributed by atoms with Gasteiger partial charge in [-0.3, -0.25) is 4.79 Å². The number of methoxy groups -OCH3 is 1. The van der Waals surface area contributed by atoms with Crippen LogP contribution in [0.2, 0.25) is 0 Å². The number of aryl methyl sites for hydroxylation is 2. The van der Waals surface area contributed by atoms with E-state index in [4.69, 9.17) is 23.1 Å². The number of oxazole rings is 3. The molecular weight excluding hydrogens is 1260 g/mol. The zero-order chi connectivity index (χ0) is 68.4. The Morgan fingerprint density at radius 2 is 1.25 bits per heavy atom. The number of carboxylic acids is 1. The van der Waals surface area contributed by atoms with Crippen LogP contribution in [0.1, 0.15) is 94.5 Å². The van der Waals surface area contributed by atoms with Crippen molar-refractivity contribution in [1.29, 1.82) is 0 Å². The lowest BCUT2D eigenvalue weighted by Crippen LogP contribution is -2.31. The molecule has 7 rings (SSSR count). The fourth-order valence-electron chi connectivity index (χ4n) is 7.30. The lowest BCUT2D eigenvalue weighted by Gasteiger charge is -2.14. The first-order valence-electron chi connectivity index (χ1n) is 26.2. The number of carbonyl (C=O) groups is 2. The summed E-state index contributed by atoms with van der Waals surface area (Å²) in [5.41, 5.74) is -5.48. The Bertz CT molecular complexity index is 4420. The van der Waals surface area contributed by atoms with E-state index in [1.54, 1.807) is 6.92 Å². The second-order valence-corrected chi connectivity index (χ2v) is 20.5. The first-order valence-corrected chi connectivity index (χ1v) is 27.9. The monoisotopic (exact) mass is 1310 g/mol. The molecule has 6 aromatic heterocycles. The highest BCUT2D eigenvalue weighted by atomic mass is 32.1. The Kier molecular flexibility index (Phi) is 21.4. The smallest absolute Gasteiger partial charge is 0.354 e. The molecule has 1 amide bonds. The average Bonchev–Trinajstić information content (AvgIpc) is 1.74. The van der Waals surface area contributed by atoms with Crippen LogP contribution in [0.4, 0.5) is 0 Å². The molecule has 0 saturated carbocycles. The number of nitrogens with zero attached hydrogens (tertiary/aromatic N) is 15. The van der Waals surface area contributed by atoms with Crippen LogP contribution in [0.3, 0.4) is 0 Å². The number of carbonyl (C=O) groups excluding carboxylic acids is 1. The summed E-state index contributed by atoms with van der Waals surface area (Å²) in [6, 6.07) is 0.783. The maximum Gasteiger partial charge on any atom is 0.354 e. The largest absolute Gasteiger partial charge is 0.495 e. The lowest BCUT2D eigenvalue weighted by molar-refractivity contribution is -0.132. The fraction of sp³-hybridized carbons (Fsp3) is 0.175. The molecule has 1 aliphatic rings. The number of amides is 1. The molecule has 0 radical (unpaired) electrons. The second-order valence-electron chi connectivity index (χ2n) is 18.8. The van der Waals surface area contributed by atoms with Gasteiger partial charge in [0.05, 0.1) is 17.9 Å². The number of aromatic nitrogens is 6. The van der Waals surface area contributed by atoms with Crippen LogP contribution in [0.15, 0.2) is 167 Å². The first-order chi connectivity index (χ1) is 43.9. The van der Waals surface area contributed by atoms with E-state index in [1.165, 1.54) is 63.8 Å². The van der Waals surface area contributed by atoms with Crippen molar-refractivity contribution in [3.8, 4) is 22.0 Å². The normalized spacial score (nSPS) is 17.5. The highest BCUT2D eigenvalue weighted by Gasteiger charge is 2.29. The van der Waals surface area contributed by atoms with Crippen molar-refractivity contribution in [2.45, 2.75) is 59.1 Å². The molecule has 0 spiro atoms. The summed E-state index contributed by atoms with van der Waals surface area (Å²) >= 11 is 1.85. The quantitative estimate of drug-likeness (QED) is 0.0315. The molecule has 0 aliphatic carbocycles. The fourth-order valence-corrected chi connectivity index (χ4v) is 8.93. The maximum atomic E-state index is 13.8. The van der Waals surface area contributed by atoms with Gasteiger partial charge in [0.15, 0.2) is 17.4 Å². The molecule has 0 aromatic carbocycles. The minimum Gasteiger partial charge on any atom is -0.495 e. The number of nitrogens with one attached hydrogen (secondary N) is 1. The summed E-state index contributed by atoms with van der Waals surface area (Å²) in [7, 11) is 1.26. The Labute approximate surface area is 531 Å². The third-order valence-electron chi connectivity index (χ3n) is 11.8. The van der Waals surface area contributed by atoms with Gasteiger partial charge >= 0.3 is 5.97 Å². The Balaban J connectivity index is 1.31. The number of carboxylic acid groups (broad SMARTS) is 1. The topological polar surface area (TPSA) is 526 Å². The molecule has 6 aromatic rings. The second kappa shape index (κ2) is 29.1. The van der Waals surface area contributed by atoms with E-state index in [9.17, 15) is 65.8 Å². The first kappa shape index (κ1) is 68.5. The molecule has 13 N–H and O–H groups in total. The summed E-state index contributed by atoms with van der Waals surface area (Å²) in [6.07, 6.45) is -0.605. The van der Waals surface area contributed by atoms with Gasteiger partial charge in [-0.1, -0.05) is 45.5 Å². The Hall–Kier alpha value is -12.0. The highest BCUT2D eigenvalue weighted by Crippen LogP contribution is 2.35. The van der Waals surface area contributed by atoms with Gasteiger partial charge in [0.1, 0.15) is 96.1 Å². The van der Waals surface area contributed by atoms with Crippen molar-refractivity contribution in [2.75, 3.05) is 7.11 Å². The Morgan fingerprint density at radius 3 is 1.86 bits per heavy atom. The van der Waals surface area contributed by atoms with Crippen LogP contribution in [-0.2, 0) is 9.53 Å². The number of aliphatic carboxylic acids is 1. The summed E-state index contributed by atoms with van der Waals surface area (Å²) in [5, 5.41) is 134. The predicted octanol–water partition coefficient (Wildman–Crippen LogP) is 7.86. The zero-order valence-corrected chi connectivity index (χ0v) is 51.1. The number of aliphatic hydroxyl groups excluding tert-OH is 11. The van der Waals surface area contributed by atoms with Gasteiger partial charge < -0.3 is 84.6 Å². The SMILES string of the molecule is C=C(N=C(O)C(=C)N=C(O)C(=C)N=C(O)C(=C)NC(=O)c1ccc2c(n1)-c1coc(n1)C(=C)N=C(O)C(=C)N=C(O)c1nc(oc1C)/C(=C/C)N=C(O)c1csc(n1)C(OC)N=C(O)c1nc(oc1C)/C(=C/C(C)O)N=C(O)[C@H]([C@@H](C)O)N=C(O)c1csc-2n1)C(=O)O. The molecule has 36 heteroatoms. The van der Waals surface area contributed by atoms with Crippen LogP contribution >= 0.6 is 22.7 Å². The molecule has 10 bridgehead atoms. The molecule has 4 atom stereocenters. The molecular formula is C57H54N16O18S2. The molecule has 1 aliphatic heterocycles. The van der Waals surface area contributed by atoms with Crippen molar-refractivity contribution in [1.82, 2.24) is 35.2 Å². The average molecular weight is 1320 g/mol. The number of aliphatic imine (C=N–C) groups is 9. The maximum absolute atomic E-state index is 13.8. The number of aliphatic hydroxyl groups is 11. The van der Waals surface area contributed by atoms with Gasteiger partial charge in [-0.05, 0) is 52.8 Å². The summed E-state index contributed by atoms with van der Waals surface area (Å²) in [5.74, 6) is -11.7. The van der Waals surface area contributed by atoms with Crippen LogP contribution in [-0.4, -0.2) is 181 Å². The number of rotatable bonds is 12. The van der Waals surface area contributed by atoms with Gasteiger partial charge in [-0.15, -0.1) is 22.7 Å². The lowest BCUT2D eigenvalue weighted by atomic mass is 10.1. The molecule has 0 saturated heterocycles. The molecule has 2 unspecified atom stereocenters. The van der Waals surface area contributed by atoms with E-state index >= 15 is 0 Å². The van der Waals surface area contributed by atoms with Crippen LogP contribution in [0.25, 0.3) is 39.1 Å². The van der Waals surface area contributed by atoms with Gasteiger partial charge in [0.2, 0.25) is 77.0 Å². The Morgan fingerprint density at radius 1 is 0.656 bits per heavy atom. The minimum atomic E-state index is -1.75. The van der Waals surface area contributed by atoms with E-state index in [2.05, 4.69) is 120 Å². The summed E-state index contributed by atoms with van der Waals surface area (Å²) in [4.78, 5) is 86.1. The number of hydrogen-bond donors (Lipinski definition) is 13. The molecule has 93 heavy (non-hydrogen) atoms. The molecule has 7 heterocycles. The number of pyridine rings is 1. The highest BCUT2D eigenvalue weighted by molar-refractivity contribution is 7.13. The number of ether oxygens (including phenoxy) is 1. The molecule has 0 fully saturated rings. The van der Waals surface area contributed by atoms with Crippen LogP contribution in [0, 0.1) is 13.8 Å². The van der Waals surface area contributed by atoms with E-state index in [0.29, 0.717) is 0 Å². The van der Waals surface area contributed by atoms with E-state index in [0.717, 1.165) is 35.0 Å². The van der Waals surface area contributed by atoms with Gasteiger partial charge in [0, 0.05) is 23.4 Å². The summed E-state index contributed by atoms with van der Waals surface area (Å²) in [6.45, 7) is 27.9. The number of thiazole rings is 2. The predicted molar refractivity (Wildman–Crippen MR) is 341 cm³/mol. The van der Waals surface area contributed by atoms with Crippen LogP contribution < -0.4 is 5.32 Å². The molecule has 34 nitrogen and oxygen atoms in total. The van der Waals surface area contributed by atoms with E-state index in [1.807, 2.05) is 0 Å². The van der Waals surface area contributed by atoms with E-state index < -0.39 is 124 Å². The third kappa shape index (κ3) is 16.5. The third-order valence-corrected chi connectivity index (χ3v) is 13.6. The van der Waals surface area contributed by atoms with Crippen molar-refractivity contribution < 1.29 is 88.9 Å². The van der Waals surface area contributed by atoms with Crippen molar-refractivity contribution in [2.24, 2.45) is 44.9 Å². The summed E-state index contributed by atoms with van der Waals surface area (Å²) < 4.78 is 22.7. The van der Waals surface area contributed by atoms with Gasteiger partial charge in [-0.2, -0.15) is 0 Å². The number of allylic oxidation sites excluding steroid dienone is 1. The standard InChI is InChI=1S/C57H54N16O18S2/c1-13-31-52-71-38(28(10)90-52)49(84)61-24(6)43(78)62-25(7)51-67-34(17-89-51)40-30(14-15-32(64-40)45(80)60-23(5)42(77)58-21(3)41(76)59-22(4)44(79)63-26(8)57(86)87)55-68-36(18-92-55)47(82)70-37(27(9)75)48(83)66-33(16-20(2)74)53-72-39(29(11)91-53)50(85)73-54(88-12)56-69-35(19-93-56)46(81)65-31/h13-20,27,37,54,74-75H,3-8H2,1-2,9-12H3,(H,58,77)(H,59,76)(H,60,80)(H,61,84)(H,62,78)(H,63,79)(H,65,81)(H,66,83)(H,70,82)(H,73,85)(H,86,87)/b31-13-,33-16-/t20?,27-,37+,54?/m1/s1.